The molecular weight excluding hydrogens is 415 g/mol. The van der Waals surface area contributed by atoms with Crippen LogP contribution in [0.5, 0.6) is 0 Å². The van der Waals surface area contributed by atoms with E-state index in [2.05, 4.69) is 25.8 Å². The molecule has 10 heteroatoms. The fourth-order valence-electron chi connectivity index (χ4n) is 3.71. The molecule has 2 amide bonds. The number of aromatic nitrogens is 1. The van der Waals surface area contributed by atoms with Crippen molar-refractivity contribution in [1.82, 2.24) is 14.8 Å². The van der Waals surface area contributed by atoms with Gasteiger partial charge in [0.05, 0.1) is 5.41 Å². The number of alkyl halides is 3. The molecule has 2 aliphatic heterocycles. The SMILES string of the molecule is CC(C)(C)CC(=O)N1CCC2(CC1)CN(Cc1cccnc1)C2=O.O=C(O)C(F)(F)F. The van der Waals surface area contributed by atoms with Crippen molar-refractivity contribution >= 4 is 17.8 Å². The lowest BCUT2D eigenvalue weighted by Crippen LogP contribution is -2.64. The fourth-order valence-corrected chi connectivity index (χ4v) is 3.71. The third-order valence-corrected chi connectivity index (χ3v) is 5.33. The molecule has 1 spiro atoms. The molecule has 31 heavy (non-hydrogen) atoms. The fraction of sp³-hybridized carbons (Fsp3) is 0.619. The molecule has 0 unspecified atom stereocenters. The third kappa shape index (κ3) is 6.67. The molecule has 2 aliphatic rings. The Morgan fingerprint density at radius 2 is 1.77 bits per heavy atom. The monoisotopic (exact) mass is 443 g/mol. The van der Waals surface area contributed by atoms with Crippen molar-refractivity contribution in [2.24, 2.45) is 10.8 Å². The zero-order chi connectivity index (χ0) is 23.4. The maximum atomic E-state index is 12.7. The zero-order valence-electron chi connectivity index (χ0n) is 17.9. The second kappa shape index (κ2) is 9.23. The molecule has 1 aromatic heterocycles. The molecule has 2 fully saturated rings. The van der Waals surface area contributed by atoms with Gasteiger partial charge in [0, 0.05) is 45.0 Å². The second-order valence-electron chi connectivity index (χ2n) is 9.22. The molecular formula is C21H28F3N3O4. The van der Waals surface area contributed by atoms with Crippen LogP contribution in [-0.4, -0.2) is 63.5 Å². The van der Waals surface area contributed by atoms with Gasteiger partial charge in [0.25, 0.3) is 0 Å². The van der Waals surface area contributed by atoms with Crippen LogP contribution in [0.25, 0.3) is 0 Å². The number of pyridine rings is 1. The van der Waals surface area contributed by atoms with E-state index in [0.717, 1.165) is 24.9 Å². The van der Waals surface area contributed by atoms with Gasteiger partial charge in [-0.1, -0.05) is 26.8 Å². The minimum Gasteiger partial charge on any atom is -0.475 e. The number of nitrogens with zero attached hydrogens (tertiary/aromatic N) is 3. The lowest BCUT2D eigenvalue weighted by Gasteiger charge is -2.52. The quantitative estimate of drug-likeness (QED) is 0.725. The van der Waals surface area contributed by atoms with Crippen LogP contribution in [0.15, 0.2) is 24.5 Å². The van der Waals surface area contributed by atoms with Gasteiger partial charge < -0.3 is 14.9 Å². The number of hydrogen-bond acceptors (Lipinski definition) is 4. The number of rotatable bonds is 3. The van der Waals surface area contributed by atoms with Crippen molar-refractivity contribution in [2.75, 3.05) is 19.6 Å². The Hall–Kier alpha value is -2.65. The van der Waals surface area contributed by atoms with Crippen molar-refractivity contribution in [3.63, 3.8) is 0 Å². The summed E-state index contributed by atoms with van der Waals surface area (Å²) in [5.74, 6) is -2.29. The van der Waals surface area contributed by atoms with Crippen LogP contribution < -0.4 is 0 Å². The van der Waals surface area contributed by atoms with E-state index in [9.17, 15) is 22.8 Å². The summed E-state index contributed by atoms with van der Waals surface area (Å²) in [4.78, 5) is 41.8. The Kier molecular flexibility index (Phi) is 7.33. The number of piperidine rings is 1. The highest BCUT2D eigenvalue weighted by Crippen LogP contribution is 2.42. The van der Waals surface area contributed by atoms with E-state index in [-0.39, 0.29) is 22.6 Å². The smallest absolute Gasteiger partial charge is 0.475 e. The normalized spacial score (nSPS) is 18.2. The largest absolute Gasteiger partial charge is 0.490 e. The first kappa shape index (κ1) is 24.6. The predicted octanol–water partition coefficient (Wildman–Crippen LogP) is 3.10. The van der Waals surface area contributed by atoms with Crippen LogP contribution in [0.3, 0.4) is 0 Å². The number of carboxylic acid groups (broad SMARTS) is 1. The highest BCUT2D eigenvalue weighted by Gasteiger charge is 2.53. The molecule has 3 heterocycles. The molecule has 2 saturated heterocycles. The van der Waals surface area contributed by atoms with Crippen LogP contribution in [0.2, 0.25) is 0 Å². The number of hydrogen-bond donors (Lipinski definition) is 1. The molecule has 0 aromatic carbocycles. The molecule has 1 aromatic rings. The summed E-state index contributed by atoms with van der Waals surface area (Å²) in [6.45, 7) is 9.12. The van der Waals surface area contributed by atoms with E-state index in [0.29, 0.717) is 26.1 Å². The Labute approximate surface area is 179 Å². The molecule has 0 atom stereocenters. The van der Waals surface area contributed by atoms with E-state index in [1.807, 2.05) is 28.1 Å². The van der Waals surface area contributed by atoms with Crippen molar-refractivity contribution < 1.29 is 32.7 Å². The van der Waals surface area contributed by atoms with Gasteiger partial charge in [-0.05, 0) is 29.9 Å². The number of carboxylic acids is 1. The summed E-state index contributed by atoms with van der Waals surface area (Å²) >= 11 is 0. The summed E-state index contributed by atoms with van der Waals surface area (Å²) in [6.07, 6.45) is 0.636. The van der Waals surface area contributed by atoms with Gasteiger partial charge in [0.2, 0.25) is 11.8 Å². The van der Waals surface area contributed by atoms with Crippen molar-refractivity contribution in [1.29, 1.82) is 0 Å². The maximum absolute atomic E-state index is 12.7. The Morgan fingerprint density at radius 1 is 1.19 bits per heavy atom. The van der Waals surface area contributed by atoms with E-state index >= 15 is 0 Å². The van der Waals surface area contributed by atoms with Crippen LogP contribution in [0.4, 0.5) is 13.2 Å². The summed E-state index contributed by atoms with van der Waals surface area (Å²) in [7, 11) is 0. The van der Waals surface area contributed by atoms with E-state index < -0.39 is 12.1 Å². The number of carbonyl (C=O) groups excluding carboxylic acids is 2. The van der Waals surface area contributed by atoms with E-state index in [1.165, 1.54) is 0 Å². The Morgan fingerprint density at radius 3 is 2.19 bits per heavy atom. The van der Waals surface area contributed by atoms with Crippen molar-refractivity contribution in [3.8, 4) is 0 Å². The summed E-state index contributed by atoms with van der Waals surface area (Å²) < 4.78 is 31.7. The molecule has 3 rings (SSSR count). The van der Waals surface area contributed by atoms with Crippen LogP contribution >= 0.6 is 0 Å². The Balaban J connectivity index is 0.000000423. The maximum Gasteiger partial charge on any atom is 0.490 e. The second-order valence-corrected chi connectivity index (χ2v) is 9.22. The average molecular weight is 443 g/mol. The highest BCUT2D eigenvalue weighted by atomic mass is 19.4. The molecule has 1 N–H and O–H groups in total. The molecule has 7 nitrogen and oxygen atoms in total. The summed E-state index contributed by atoms with van der Waals surface area (Å²) in [5.41, 5.74) is 0.859. The third-order valence-electron chi connectivity index (χ3n) is 5.33. The standard InChI is InChI=1S/C19H27N3O2.C2HF3O2/c1-18(2,3)11-16(23)21-9-6-19(7-10-21)14-22(17(19)24)13-15-5-4-8-20-12-15;3-2(4,5)1(6)7/h4-5,8,12H,6-7,9-11,13-14H2,1-3H3;(H,6,7). The molecule has 0 radical (unpaired) electrons. The van der Waals surface area contributed by atoms with Crippen LogP contribution in [-0.2, 0) is 20.9 Å². The van der Waals surface area contributed by atoms with Gasteiger partial charge in [-0.2, -0.15) is 13.2 Å². The van der Waals surface area contributed by atoms with Gasteiger partial charge in [-0.15, -0.1) is 0 Å². The first-order valence-electron chi connectivity index (χ1n) is 10.00. The average Bonchev–Trinajstić information content (AvgIpc) is 2.67. The number of amides is 2. The molecule has 0 saturated carbocycles. The minimum atomic E-state index is -5.08. The summed E-state index contributed by atoms with van der Waals surface area (Å²) in [5, 5.41) is 7.12. The topological polar surface area (TPSA) is 90.8 Å². The summed E-state index contributed by atoms with van der Waals surface area (Å²) in [6, 6.07) is 3.90. The first-order chi connectivity index (χ1) is 14.2. The van der Waals surface area contributed by atoms with Gasteiger partial charge >= 0.3 is 12.1 Å². The number of halogens is 3. The zero-order valence-corrected chi connectivity index (χ0v) is 17.9. The number of carbonyl (C=O) groups is 3. The molecule has 0 aliphatic carbocycles. The van der Waals surface area contributed by atoms with Gasteiger partial charge in [0.1, 0.15) is 0 Å². The molecule has 172 valence electrons. The van der Waals surface area contributed by atoms with Crippen LogP contribution in [0, 0.1) is 10.8 Å². The number of likely N-dealkylation sites (tertiary alicyclic amines) is 2. The van der Waals surface area contributed by atoms with E-state index in [1.54, 1.807) is 6.20 Å². The highest BCUT2D eigenvalue weighted by molar-refractivity contribution is 5.89. The minimum absolute atomic E-state index is 0.0129. The number of β-lactam (4-membered cyclic amide) rings is 1. The lowest BCUT2D eigenvalue weighted by molar-refractivity contribution is -0.192. The van der Waals surface area contributed by atoms with Crippen LogP contribution in [0.1, 0.15) is 45.6 Å². The van der Waals surface area contributed by atoms with Gasteiger partial charge in [-0.25, -0.2) is 4.79 Å². The Bertz CT molecular complexity index is 798. The predicted molar refractivity (Wildman–Crippen MR) is 106 cm³/mol. The first-order valence-corrected chi connectivity index (χ1v) is 10.00. The van der Waals surface area contributed by atoms with Crippen molar-refractivity contribution in [3.05, 3.63) is 30.1 Å². The van der Waals surface area contributed by atoms with Gasteiger partial charge in [0.15, 0.2) is 0 Å². The van der Waals surface area contributed by atoms with Crippen molar-refractivity contribution in [2.45, 2.75) is 52.8 Å². The number of aliphatic carboxylic acids is 1. The van der Waals surface area contributed by atoms with Gasteiger partial charge in [-0.3, -0.25) is 14.6 Å². The van der Waals surface area contributed by atoms with E-state index in [4.69, 9.17) is 9.90 Å². The lowest BCUT2D eigenvalue weighted by atomic mass is 9.70. The molecule has 0 bridgehead atoms.